The van der Waals surface area contributed by atoms with Gasteiger partial charge in [0, 0.05) is 26.8 Å². The van der Waals surface area contributed by atoms with E-state index in [0.717, 1.165) is 25.8 Å². The molecule has 1 aromatic heterocycles. The van der Waals surface area contributed by atoms with Crippen LogP contribution in [0, 0.1) is 0 Å². The molecule has 0 aliphatic carbocycles. The third kappa shape index (κ3) is 7.93. The van der Waals surface area contributed by atoms with Gasteiger partial charge in [-0.15, -0.1) is 10.2 Å². The van der Waals surface area contributed by atoms with Gasteiger partial charge < -0.3 is 20.1 Å². The molecule has 21 heavy (non-hydrogen) atoms. The average molecular weight is 316 g/mol. The first kappa shape index (κ1) is 17.8. The Labute approximate surface area is 129 Å². The number of amides is 1. The molecule has 0 atom stereocenters. The standard InChI is InChI=1S/C13H24N4O3S/c1-3-6-15-13-17-16-12(21-13)11(18)14-7-4-5-8-20-10-9-19-2/h3-10H2,1-2H3,(H,14,18)(H,15,17). The Morgan fingerprint density at radius 1 is 1.19 bits per heavy atom. The topological polar surface area (TPSA) is 85.4 Å². The zero-order valence-electron chi connectivity index (χ0n) is 12.7. The van der Waals surface area contributed by atoms with Crippen molar-refractivity contribution in [2.24, 2.45) is 0 Å². The van der Waals surface area contributed by atoms with E-state index in [1.54, 1.807) is 7.11 Å². The summed E-state index contributed by atoms with van der Waals surface area (Å²) in [5.41, 5.74) is 0. The first-order valence-corrected chi connectivity index (χ1v) is 8.01. The summed E-state index contributed by atoms with van der Waals surface area (Å²) in [6.07, 6.45) is 2.79. The highest BCUT2D eigenvalue weighted by atomic mass is 32.1. The Morgan fingerprint density at radius 2 is 2.05 bits per heavy atom. The lowest BCUT2D eigenvalue weighted by atomic mass is 10.3. The van der Waals surface area contributed by atoms with E-state index < -0.39 is 0 Å². The van der Waals surface area contributed by atoms with Crippen molar-refractivity contribution in [1.82, 2.24) is 15.5 Å². The summed E-state index contributed by atoms with van der Waals surface area (Å²) in [6, 6.07) is 0. The number of ether oxygens (including phenoxy) is 2. The molecule has 0 fully saturated rings. The van der Waals surface area contributed by atoms with Crippen molar-refractivity contribution in [2.75, 3.05) is 45.3 Å². The van der Waals surface area contributed by atoms with Gasteiger partial charge in [0.15, 0.2) is 0 Å². The van der Waals surface area contributed by atoms with E-state index in [4.69, 9.17) is 9.47 Å². The van der Waals surface area contributed by atoms with E-state index in [1.165, 1.54) is 11.3 Å². The van der Waals surface area contributed by atoms with E-state index in [2.05, 4.69) is 27.8 Å². The maximum absolute atomic E-state index is 11.8. The number of anilines is 1. The summed E-state index contributed by atoms with van der Waals surface area (Å²) in [6.45, 7) is 5.43. The average Bonchev–Trinajstić information content (AvgIpc) is 2.96. The molecule has 0 unspecified atom stereocenters. The molecule has 7 nitrogen and oxygen atoms in total. The first-order valence-electron chi connectivity index (χ1n) is 7.20. The minimum atomic E-state index is -0.169. The molecule has 0 saturated heterocycles. The second-order valence-electron chi connectivity index (χ2n) is 4.41. The van der Waals surface area contributed by atoms with Crippen LogP contribution in [0.5, 0.6) is 0 Å². The first-order chi connectivity index (χ1) is 10.3. The van der Waals surface area contributed by atoms with Crippen LogP contribution in [0.2, 0.25) is 0 Å². The number of aromatic nitrogens is 2. The number of carbonyl (C=O) groups is 1. The highest BCUT2D eigenvalue weighted by molar-refractivity contribution is 7.17. The molecule has 0 aromatic carbocycles. The number of hydrogen-bond acceptors (Lipinski definition) is 7. The third-order valence-electron chi connectivity index (χ3n) is 2.58. The van der Waals surface area contributed by atoms with Crippen molar-refractivity contribution >= 4 is 22.4 Å². The molecule has 0 aliphatic rings. The van der Waals surface area contributed by atoms with E-state index in [0.29, 0.717) is 36.5 Å². The third-order valence-corrected chi connectivity index (χ3v) is 3.46. The van der Waals surface area contributed by atoms with E-state index in [1.807, 2.05) is 0 Å². The van der Waals surface area contributed by atoms with Crippen molar-refractivity contribution in [3.05, 3.63) is 5.01 Å². The lowest BCUT2D eigenvalue weighted by Crippen LogP contribution is -2.24. The van der Waals surface area contributed by atoms with Gasteiger partial charge in [-0.05, 0) is 19.3 Å². The molecule has 1 amide bonds. The number of methoxy groups -OCH3 is 1. The molecule has 8 heteroatoms. The summed E-state index contributed by atoms with van der Waals surface area (Å²) in [7, 11) is 1.65. The Kier molecular flexibility index (Phi) is 9.68. The van der Waals surface area contributed by atoms with Crippen molar-refractivity contribution < 1.29 is 14.3 Å². The normalized spacial score (nSPS) is 10.6. The zero-order valence-corrected chi connectivity index (χ0v) is 13.5. The highest BCUT2D eigenvalue weighted by Crippen LogP contribution is 2.14. The Balaban J connectivity index is 2.09. The van der Waals surface area contributed by atoms with Crippen LogP contribution in [0.25, 0.3) is 0 Å². The van der Waals surface area contributed by atoms with Gasteiger partial charge in [0.2, 0.25) is 10.1 Å². The molecule has 0 aliphatic heterocycles. The van der Waals surface area contributed by atoms with E-state index in [-0.39, 0.29) is 5.91 Å². The van der Waals surface area contributed by atoms with Crippen molar-refractivity contribution in [3.63, 3.8) is 0 Å². The highest BCUT2D eigenvalue weighted by Gasteiger charge is 2.11. The van der Waals surface area contributed by atoms with Crippen LogP contribution in [0.4, 0.5) is 5.13 Å². The minimum Gasteiger partial charge on any atom is -0.382 e. The summed E-state index contributed by atoms with van der Waals surface area (Å²) in [4.78, 5) is 11.8. The van der Waals surface area contributed by atoms with Crippen molar-refractivity contribution in [2.45, 2.75) is 26.2 Å². The molecule has 0 radical (unpaired) electrons. The second kappa shape index (κ2) is 11.4. The molecule has 0 bridgehead atoms. The van der Waals surface area contributed by atoms with Gasteiger partial charge in [-0.3, -0.25) is 4.79 Å². The summed E-state index contributed by atoms with van der Waals surface area (Å²) < 4.78 is 10.2. The minimum absolute atomic E-state index is 0.169. The summed E-state index contributed by atoms with van der Waals surface area (Å²) in [5.74, 6) is -0.169. The molecule has 2 N–H and O–H groups in total. The number of hydrogen-bond donors (Lipinski definition) is 2. The van der Waals surface area contributed by atoms with Gasteiger partial charge in [0.05, 0.1) is 13.2 Å². The van der Waals surface area contributed by atoms with Gasteiger partial charge in [0.25, 0.3) is 5.91 Å². The molecule has 0 saturated carbocycles. The molecular formula is C13H24N4O3S. The number of nitrogens with zero attached hydrogens (tertiary/aromatic N) is 2. The molecule has 0 spiro atoms. The summed E-state index contributed by atoms with van der Waals surface area (Å²) >= 11 is 1.27. The molecule has 1 rings (SSSR count). The van der Waals surface area contributed by atoms with Crippen molar-refractivity contribution in [3.8, 4) is 0 Å². The Morgan fingerprint density at radius 3 is 2.81 bits per heavy atom. The number of carbonyl (C=O) groups excluding carboxylic acids is 1. The van der Waals surface area contributed by atoms with Gasteiger partial charge in [-0.1, -0.05) is 18.3 Å². The van der Waals surface area contributed by atoms with Gasteiger partial charge in [-0.25, -0.2) is 0 Å². The zero-order chi connectivity index (χ0) is 15.3. The van der Waals surface area contributed by atoms with Crippen LogP contribution in [0.1, 0.15) is 36.0 Å². The molecule has 1 aromatic rings. The van der Waals surface area contributed by atoms with Gasteiger partial charge >= 0.3 is 0 Å². The fraction of sp³-hybridized carbons (Fsp3) is 0.769. The maximum Gasteiger partial charge on any atom is 0.282 e. The molecule has 1 heterocycles. The fourth-order valence-electron chi connectivity index (χ4n) is 1.47. The molecular weight excluding hydrogens is 292 g/mol. The fourth-order valence-corrected chi connectivity index (χ4v) is 2.15. The van der Waals surface area contributed by atoms with Crippen molar-refractivity contribution in [1.29, 1.82) is 0 Å². The smallest absolute Gasteiger partial charge is 0.282 e. The van der Waals surface area contributed by atoms with Crippen LogP contribution in [-0.2, 0) is 9.47 Å². The van der Waals surface area contributed by atoms with E-state index in [9.17, 15) is 4.79 Å². The van der Waals surface area contributed by atoms with Gasteiger partial charge in [0.1, 0.15) is 0 Å². The second-order valence-corrected chi connectivity index (χ2v) is 5.38. The largest absolute Gasteiger partial charge is 0.382 e. The predicted octanol–water partition coefficient (Wildman–Crippen LogP) is 1.53. The van der Waals surface area contributed by atoms with Crippen LogP contribution in [-0.4, -0.2) is 56.1 Å². The number of nitrogens with one attached hydrogen (secondary N) is 2. The lowest BCUT2D eigenvalue weighted by molar-refractivity contribution is 0.0686. The monoisotopic (exact) mass is 316 g/mol. The number of unbranched alkanes of at least 4 members (excludes halogenated alkanes) is 1. The van der Waals surface area contributed by atoms with Gasteiger partial charge in [-0.2, -0.15) is 0 Å². The van der Waals surface area contributed by atoms with Crippen LogP contribution in [0.3, 0.4) is 0 Å². The SMILES string of the molecule is CCCNc1nnc(C(=O)NCCCCOCCOC)s1. The summed E-state index contributed by atoms with van der Waals surface area (Å²) in [5, 5.41) is 14.8. The van der Waals surface area contributed by atoms with E-state index >= 15 is 0 Å². The van der Waals surface area contributed by atoms with Crippen LogP contribution >= 0.6 is 11.3 Å². The Bertz CT molecular complexity index is 401. The Hall–Kier alpha value is -1.25. The quantitative estimate of drug-likeness (QED) is 0.569. The predicted molar refractivity (Wildman–Crippen MR) is 83.0 cm³/mol. The molecule has 120 valence electrons. The lowest BCUT2D eigenvalue weighted by Gasteiger charge is -2.04. The van der Waals surface area contributed by atoms with Crippen LogP contribution < -0.4 is 10.6 Å². The number of rotatable bonds is 12. The van der Waals surface area contributed by atoms with Crippen LogP contribution in [0.15, 0.2) is 0 Å². The maximum atomic E-state index is 11.8.